The number of ether oxygens (including phenoxy) is 2. The number of methoxy groups -OCH3 is 1. The van der Waals surface area contributed by atoms with E-state index in [9.17, 15) is 14.0 Å². The summed E-state index contributed by atoms with van der Waals surface area (Å²) < 4.78 is 24.7. The molecule has 0 spiro atoms. The van der Waals surface area contributed by atoms with Crippen molar-refractivity contribution in [2.75, 3.05) is 7.11 Å². The van der Waals surface area contributed by atoms with Crippen molar-refractivity contribution < 1.29 is 23.5 Å². The molecule has 1 heterocycles. The number of ketones is 1. The number of dihydropyridines is 1. The SMILES string of the molecule is COC(=O)C1=C(C)NC2=C(C(=O)c3ccccc32)[C@@H]1c1ccc(OCc2ccccc2F)cc1. The van der Waals surface area contributed by atoms with Crippen LogP contribution in [0.15, 0.2) is 89.6 Å². The summed E-state index contributed by atoms with van der Waals surface area (Å²) in [6, 6.07) is 21.0. The first-order chi connectivity index (χ1) is 16.5. The molecule has 34 heavy (non-hydrogen) atoms. The minimum Gasteiger partial charge on any atom is -0.489 e. The van der Waals surface area contributed by atoms with E-state index in [4.69, 9.17) is 9.47 Å². The molecule has 0 fully saturated rings. The van der Waals surface area contributed by atoms with Gasteiger partial charge in [-0.25, -0.2) is 9.18 Å². The Kier molecular flexibility index (Phi) is 5.49. The predicted molar refractivity (Wildman–Crippen MR) is 125 cm³/mol. The normalized spacial score (nSPS) is 16.7. The molecule has 3 aromatic carbocycles. The van der Waals surface area contributed by atoms with E-state index in [0.717, 1.165) is 16.8 Å². The molecule has 1 atom stereocenters. The van der Waals surface area contributed by atoms with Crippen molar-refractivity contribution >= 4 is 17.4 Å². The Morgan fingerprint density at radius 2 is 1.65 bits per heavy atom. The molecule has 0 unspecified atom stereocenters. The van der Waals surface area contributed by atoms with Gasteiger partial charge in [0, 0.05) is 33.9 Å². The summed E-state index contributed by atoms with van der Waals surface area (Å²) in [5.41, 5.74) is 4.91. The lowest BCUT2D eigenvalue weighted by molar-refractivity contribution is -0.136. The molecule has 5 rings (SSSR count). The minimum absolute atomic E-state index is 0.0921. The van der Waals surface area contributed by atoms with Crippen LogP contribution in [0.25, 0.3) is 5.70 Å². The first-order valence-corrected chi connectivity index (χ1v) is 10.9. The van der Waals surface area contributed by atoms with Crippen LogP contribution in [0.1, 0.15) is 39.9 Å². The van der Waals surface area contributed by atoms with E-state index < -0.39 is 11.9 Å². The fourth-order valence-corrected chi connectivity index (χ4v) is 4.58. The van der Waals surface area contributed by atoms with Crippen molar-refractivity contribution in [3.8, 4) is 5.75 Å². The lowest BCUT2D eigenvalue weighted by atomic mass is 9.80. The molecule has 0 amide bonds. The maximum atomic E-state index is 13.9. The number of rotatable bonds is 5. The molecular weight excluding hydrogens is 433 g/mol. The average Bonchev–Trinajstić information content (AvgIpc) is 3.14. The number of benzene rings is 3. The Morgan fingerprint density at radius 1 is 0.971 bits per heavy atom. The second kappa shape index (κ2) is 8.63. The average molecular weight is 455 g/mol. The van der Waals surface area contributed by atoms with Crippen LogP contribution in [-0.2, 0) is 16.1 Å². The highest BCUT2D eigenvalue weighted by atomic mass is 19.1. The third-order valence-corrected chi connectivity index (χ3v) is 6.22. The lowest BCUT2D eigenvalue weighted by Gasteiger charge is -2.29. The molecule has 1 N–H and O–H groups in total. The zero-order valence-corrected chi connectivity index (χ0v) is 18.7. The van der Waals surface area contributed by atoms with E-state index >= 15 is 0 Å². The fraction of sp³-hybridized carbons (Fsp3) is 0.143. The molecule has 1 aliphatic carbocycles. The zero-order valence-electron chi connectivity index (χ0n) is 18.7. The number of allylic oxidation sites excluding steroid dienone is 2. The molecule has 6 heteroatoms. The second-order valence-electron chi connectivity index (χ2n) is 8.20. The van der Waals surface area contributed by atoms with E-state index in [1.54, 1.807) is 43.3 Å². The van der Waals surface area contributed by atoms with Gasteiger partial charge in [0.1, 0.15) is 18.2 Å². The Bertz CT molecular complexity index is 1370. The lowest BCUT2D eigenvalue weighted by Crippen LogP contribution is -2.29. The molecule has 0 saturated heterocycles. The van der Waals surface area contributed by atoms with Gasteiger partial charge < -0.3 is 14.8 Å². The zero-order chi connectivity index (χ0) is 23.8. The first-order valence-electron chi connectivity index (χ1n) is 10.9. The van der Waals surface area contributed by atoms with Crippen LogP contribution in [0.5, 0.6) is 5.75 Å². The van der Waals surface area contributed by atoms with Gasteiger partial charge in [-0.3, -0.25) is 4.79 Å². The number of Topliss-reactive ketones (excluding diaryl/α,β-unsaturated/α-hetero) is 1. The quantitative estimate of drug-likeness (QED) is 0.540. The third-order valence-electron chi connectivity index (χ3n) is 6.22. The minimum atomic E-state index is -0.593. The molecule has 0 aromatic heterocycles. The summed E-state index contributed by atoms with van der Waals surface area (Å²) in [4.78, 5) is 26.2. The van der Waals surface area contributed by atoms with Crippen molar-refractivity contribution in [3.63, 3.8) is 0 Å². The van der Waals surface area contributed by atoms with Crippen molar-refractivity contribution in [2.45, 2.75) is 19.4 Å². The molecule has 0 bridgehead atoms. The Balaban J connectivity index is 1.51. The standard InChI is InChI=1S/C28H22FNO4/c1-16-23(28(32)33-2)24(25-26(30-16)20-8-4-5-9-21(20)27(25)31)17-11-13-19(14-12-17)34-15-18-7-3-6-10-22(18)29/h3-14,24,30H,15H2,1-2H3/t24-/m1/s1. The van der Waals surface area contributed by atoms with E-state index in [-0.39, 0.29) is 18.2 Å². The number of hydrogen-bond acceptors (Lipinski definition) is 5. The van der Waals surface area contributed by atoms with Gasteiger partial charge in [-0.15, -0.1) is 0 Å². The highest BCUT2D eigenvalue weighted by Crippen LogP contribution is 2.46. The Hall–Kier alpha value is -4.19. The van der Waals surface area contributed by atoms with E-state index in [0.29, 0.717) is 33.7 Å². The van der Waals surface area contributed by atoms with Crippen LogP contribution in [-0.4, -0.2) is 18.9 Å². The molecule has 170 valence electrons. The van der Waals surface area contributed by atoms with Crippen molar-refractivity contribution in [2.24, 2.45) is 0 Å². The molecule has 0 saturated carbocycles. The predicted octanol–water partition coefficient (Wildman–Crippen LogP) is 5.15. The number of carbonyl (C=O) groups excluding carboxylic acids is 2. The highest BCUT2D eigenvalue weighted by Gasteiger charge is 2.42. The van der Waals surface area contributed by atoms with E-state index in [2.05, 4.69) is 5.32 Å². The number of nitrogens with one attached hydrogen (secondary N) is 1. The van der Waals surface area contributed by atoms with Crippen molar-refractivity contribution in [3.05, 3.63) is 118 Å². The van der Waals surface area contributed by atoms with Gasteiger partial charge in [-0.05, 0) is 30.7 Å². The van der Waals surface area contributed by atoms with Gasteiger partial charge in [0.05, 0.1) is 18.4 Å². The third kappa shape index (κ3) is 3.57. The summed E-state index contributed by atoms with van der Waals surface area (Å²) >= 11 is 0. The number of hydrogen-bond donors (Lipinski definition) is 1. The van der Waals surface area contributed by atoms with Gasteiger partial charge in [-0.2, -0.15) is 0 Å². The topological polar surface area (TPSA) is 64.6 Å². The highest BCUT2D eigenvalue weighted by molar-refractivity contribution is 6.23. The van der Waals surface area contributed by atoms with Crippen LogP contribution in [0.4, 0.5) is 4.39 Å². The van der Waals surface area contributed by atoms with E-state index in [1.807, 2.05) is 30.3 Å². The first kappa shape index (κ1) is 21.6. The van der Waals surface area contributed by atoms with Crippen LogP contribution in [0.3, 0.4) is 0 Å². The smallest absolute Gasteiger partial charge is 0.336 e. The molecule has 5 nitrogen and oxygen atoms in total. The summed E-state index contributed by atoms with van der Waals surface area (Å²) in [6.07, 6.45) is 0. The molecule has 0 radical (unpaired) electrons. The summed E-state index contributed by atoms with van der Waals surface area (Å²) in [7, 11) is 1.33. The van der Waals surface area contributed by atoms with E-state index in [1.165, 1.54) is 13.2 Å². The fourth-order valence-electron chi connectivity index (χ4n) is 4.58. The van der Waals surface area contributed by atoms with Gasteiger partial charge in [0.2, 0.25) is 0 Å². The number of carbonyl (C=O) groups is 2. The maximum absolute atomic E-state index is 13.9. The van der Waals surface area contributed by atoms with Gasteiger partial charge in [-0.1, -0.05) is 54.6 Å². The van der Waals surface area contributed by atoms with Crippen LogP contribution >= 0.6 is 0 Å². The van der Waals surface area contributed by atoms with Gasteiger partial charge >= 0.3 is 5.97 Å². The molecule has 3 aromatic rings. The summed E-state index contributed by atoms with van der Waals surface area (Å²) in [6.45, 7) is 1.90. The molecule has 2 aliphatic rings. The number of esters is 1. The van der Waals surface area contributed by atoms with Crippen molar-refractivity contribution in [1.82, 2.24) is 5.32 Å². The maximum Gasteiger partial charge on any atom is 0.336 e. The van der Waals surface area contributed by atoms with Gasteiger partial charge in [0.25, 0.3) is 0 Å². The summed E-state index contributed by atoms with van der Waals surface area (Å²) in [5.74, 6) is -0.973. The Labute approximate surface area is 196 Å². The van der Waals surface area contributed by atoms with Crippen LogP contribution in [0, 0.1) is 5.82 Å². The van der Waals surface area contributed by atoms with Gasteiger partial charge in [0.15, 0.2) is 5.78 Å². The second-order valence-corrected chi connectivity index (χ2v) is 8.20. The number of fused-ring (bicyclic) bond motifs is 2. The Morgan fingerprint density at radius 3 is 2.35 bits per heavy atom. The van der Waals surface area contributed by atoms with Crippen LogP contribution in [0.2, 0.25) is 0 Å². The summed E-state index contributed by atoms with van der Waals surface area (Å²) in [5, 5.41) is 3.26. The molecule has 1 aliphatic heterocycles. The van der Waals surface area contributed by atoms with Crippen molar-refractivity contribution in [1.29, 1.82) is 0 Å². The molecular formula is C28H22FNO4. The number of halogens is 1. The largest absolute Gasteiger partial charge is 0.489 e. The monoisotopic (exact) mass is 455 g/mol. The van der Waals surface area contributed by atoms with Crippen LogP contribution < -0.4 is 10.1 Å².